The predicted octanol–water partition coefficient (Wildman–Crippen LogP) is 6.33. The van der Waals surface area contributed by atoms with Crippen molar-refractivity contribution in [3.8, 4) is 0 Å². The Labute approximate surface area is 169 Å². The fourth-order valence-corrected chi connectivity index (χ4v) is 4.75. The Bertz CT molecular complexity index is 946. The van der Waals surface area contributed by atoms with E-state index in [4.69, 9.17) is 0 Å². The highest BCUT2D eigenvalue weighted by atomic mass is 79.9. The van der Waals surface area contributed by atoms with Crippen LogP contribution in [0.1, 0.15) is 22.6 Å². The largest absolute Gasteiger partial charge is 0.377 e. The highest BCUT2D eigenvalue weighted by Crippen LogP contribution is 2.48. The number of rotatable bonds is 4. The first-order chi connectivity index (χ1) is 13.1. The van der Waals surface area contributed by atoms with E-state index in [1.807, 2.05) is 6.08 Å². The molecule has 3 heteroatoms. The van der Waals surface area contributed by atoms with Crippen LogP contribution in [-0.4, -0.2) is 20.6 Å². The van der Waals surface area contributed by atoms with Crippen LogP contribution < -0.4 is 9.80 Å². The molecule has 0 saturated carbocycles. The van der Waals surface area contributed by atoms with Crippen LogP contribution in [0.25, 0.3) is 0 Å². The molecule has 3 aromatic rings. The zero-order valence-electron chi connectivity index (χ0n) is 15.7. The fourth-order valence-electron chi connectivity index (χ4n) is 4.00. The number of nitrogens with zero attached hydrogens (tertiary/aromatic N) is 2. The smallest absolute Gasteiger partial charge is 0.0505 e. The van der Waals surface area contributed by atoms with Crippen LogP contribution in [0.2, 0.25) is 0 Å². The first-order valence-electron chi connectivity index (χ1n) is 9.15. The molecule has 0 aliphatic carbocycles. The van der Waals surface area contributed by atoms with Crippen molar-refractivity contribution in [2.24, 2.45) is 0 Å². The molecule has 27 heavy (non-hydrogen) atoms. The van der Waals surface area contributed by atoms with Gasteiger partial charge in [0.2, 0.25) is 0 Å². The van der Waals surface area contributed by atoms with Gasteiger partial charge in [-0.3, -0.25) is 0 Å². The van der Waals surface area contributed by atoms with Crippen molar-refractivity contribution in [2.75, 3.05) is 30.4 Å². The van der Waals surface area contributed by atoms with Gasteiger partial charge in [0, 0.05) is 42.4 Å². The van der Waals surface area contributed by atoms with E-state index in [-0.39, 0.29) is 5.92 Å². The van der Waals surface area contributed by atoms with Gasteiger partial charge in [0.1, 0.15) is 0 Å². The molecular formula is C24H23BrN2. The first-order valence-corrected chi connectivity index (χ1v) is 9.94. The molecular weight excluding hydrogens is 396 g/mol. The summed E-state index contributed by atoms with van der Waals surface area (Å²) in [5.41, 5.74) is 7.67. The van der Waals surface area contributed by atoms with Crippen molar-refractivity contribution in [1.82, 2.24) is 0 Å². The minimum Gasteiger partial charge on any atom is -0.377 e. The summed E-state index contributed by atoms with van der Waals surface area (Å²) in [5, 5.41) is 0. The third-order valence-electron chi connectivity index (χ3n) is 5.18. The summed E-state index contributed by atoms with van der Waals surface area (Å²) < 4.78 is 1.12. The predicted molar refractivity (Wildman–Crippen MR) is 120 cm³/mol. The molecule has 0 spiro atoms. The second kappa shape index (κ2) is 7.24. The number of para-hydroxylation sites is 2. The highest BCUT2D eigenvalue weighted by Gasteiger charge is 2.30. The maximum absolute atomic E-state index is 3.96. The number of anilines is 3. The van der Waals surface area contributed by atoms with Crippen LogP contribution >= 0.6 is 15.9 Å². The van der Waals surface area contributed by atoms with Crippen LogP contribution in [-0.2, 0) is 0 Å². The number of fused-ring (bicyclic) bond motifs is 2. The van der Waals surface area contributed by atoms with Crippen LogP contribution in [0.15, 0.2) is 83.9 Å². The van der Waals surface area contributed by atoms with Gasteiger partial charge in [-0.1, -0.05) is 48.5 Å². The topological polar surface area (TPSA) is 6.48 Å². The van der Waals surface area contributed by atoms with Crippen molar-refractivity contribution in [2.45, 2.75) is 5.92 Å². The lowest BCUT2D eigenvalue weighted by atomic mass is 9.80. The SMILES string of the molecule is C=CCN1c2ccccc2C(c2ccc(N(C)C)c(Br)c2)c2ccccc21. The number of benzene rings is 3. The Morgan fingerprint density at radius 1 is 0.963 bits per heavy atom. The molecule has 1 heterocycles. The minimum atomic E-state index is 0.214. The third-order valence-corrected chi connectivity index (χ3v) is 5.81. The van der Waals surface area contributed by atoms with E-state index in [1.54, 1.807) is 0 Å². The molecule has 0 saturated heterocycles. The lowest BCUT2D eigenvalue weighted by Crippen LogP contribution is -2.26. The zero-order chi connectivity index (χ0) is 19.0. The highest BCUT2D eigenvalue weighted by molar-refractivity contribution is 9.10. The second-order valence-corrected chi connectivity index (χ2v) is 7.91. The van der Waals surface area contributed by atoms with Gasteiger partial charge >= 0.3 is 0 Å². The van der Waals surface area contributed by atoms with E-state index in [0.717, 1.165) is 11.0 Å². The van der Waals surface area contributed by atoms with E-state index in [9.17, 15) is 0 Å². The van der Waals surface area contributed by atoms with Crippen molar-refractivity contribution in [3.63, 3.8) is 0 Å². The molecule has 0 unspecified atom stereocenters. The summed E-state index contributed by atoms with van der Waals surface area (Å²) in [6.45, 7) is 4.76. The first kappa shape index (κ1) is 17.9. The van der Waals surface area contributed by atoms with E-state index >= 15 is 0 Å². The van der Waals surface area contributed by atoms with Crippen LogP contribution in [0, 0.1) is 0 Å². The Balaban J connectivity index is 1.93. The van der Waals surface area contributed by atoms with Gasteiger partial charge in [-0.05, 0) is 56.9 Å². The zero-order valence-corrected chi connectivity index (χ0v) is 17.3. The van der Waals surface area contributed by atoms with Crippen molar-refractivity contribution >= 4 is 33.0 Å². The minimum absolute atomic E-state index is 0.214. The molecule has 0 aromatic heterocycles. The van der Waals surface area contributed by atoms with Gasteiger partial charge in [-0.2, -0.15) is 0 Å². The fraction of sp³-hybridized carbons (Fsp3) is 0.167. The standard InChI is InChI=1S/C24H23BrN2/c1-4-15-27-21-11-7-5-9-18(21)24(19-10-6-8-12-22(19)27)17-13-14-23(26(2)3)20(25)16-17/h4-14,16,24H,1,15H2,2-3H3. The van der Waals surface area contributed by atoms with Crippen molar-refractivity contribution in [1.29, 1.82) is 0 Å². The second-order valence-electron chi connectivity index (χ2n) is 7.06. The summed E-state index contributed by atoms with van der Waals surface area (Å²) in [4.78, 5) is 4.49. The summed E-state index contributed by atoms with van der Waals surface area (Å²) in [7, 11) is 4.14. The molecule has 0 radical (unpaired) electrons. The molecule has 0 amide bonds. The Morgan fingerprint density at radius 3 is 2.07 bits per heavy atom. The molecule has 0 atom stereocenters. The summed E-state index contributed by atoms with van der Waals surface area (Å²) in [6.07, 6.45) is 1.97. The summed E-state index contributed by atoms with van der Waals surface area (Å²) >= 11 is 3.77. The molecule has 4 rings (SSSR count). The average Bonchev–Trinajstić information content (AvgIpc) is 2.67. The van der Waals surface area contributed by atoms with E-state index in [2.05, 4.69) is 113 Å². The van der Waals surface area contributed by atoms with Gasteiger partial charge in [-0.15, -0.1) is 6.58 Å². The van der Waals surface area contributed by atoms with E-state index in [0.29, 0.717) is 0 Å². The van der Waals surface area contributed by atoms with Gasteiger partial charge in [0.15, 0.2) is 0 Å². The monoisotopic (exact) mass is 418 g/mol. The number of hydrogen-bond acceptors (Lipinski definition) is 2. The normalized spacial score (nSPS) is 13.1. The molecule has 0 bridgehead atoms. The van der Waals surface area contributed by atoms with Gasteiger partial charge in [0.25, 0.3) is 0 Å². The maximum atomic E-state index is 3.96. The van der Waals surface area contributed by atoms with E-state index < -0.39 is 0 Å². The quantitative estimate of drug-likeness (QED) is 0.456. The van der Waals surface area contributed by atoms with Gasteiger partial charge in [-0.25, -0.2) is 0 Å². The molecule has 3 aromatic carbocycles. The molecule has 1 aliphatic rings. The molecule has 1 aliphatic heterocycles. The van der Waals surface area contributed by atoms with Crippen LogP contribution in [0.5, 0.6) is 0 Å². The van der Waals surface area contributed by atoms with Crippen molar-refractivity contribution < 1.29 is 0 Å². The summed E-state index contributed by atoms with van der Waals surface area (Å²) in [6, 6.07) is 24.1. The number of halogens is 1. The van der Waals surface area contributed by atoms with Crippen LogP contribution in [0.3, 0.4) is 0 Å². The Hall–Kier alpha value is -2.52. The Morgan fingerprint density at radius 2 is 1.56 bits per heavy atom. The lowest BCUT2D eigenvalue weighted by molar-refractivity contribution is 0.906. The molecule has 0 fully saturated rings. The lowest BCUT2D eigenvalue weighted by Gasteiger charge is -2.37. The third kappa shape index (κ3) is 3.06. The van der Waals surface area contributed by atoms with Crippen LogP contribution in [0.4, 0.5) is 17.1 Å². The molecule has 0 N–H and O–H groups in total. The van der Waals surface area contributed by atoms with Gasteiger partial charge < -0.3 is 9.80 Å². The Kier molecular flexibility index (Phi) is 4.79. The van der Waals surface area contributed by atoms with E-state index in [1.165, 1.54) is 33.8 Å². The molecule has 136 valence electrons. The maximum Gasteiger partial charge on any atom is 0.0505 e. The summed E-state index contributed by atoms with van der Waals surface area (Å²) in [5.74, 6) is 0.214. The number of hydrogen-bond donors (Lipinski definition) is 0. The molecule has 2 nitrogen and oxygen atoms in total. The van der Waals surface area contributed by atoms with Gasteiger partial charge in [0.05, 0.1) is 5.69 Å². The average molecular weight is 419 g/mol. The van der Waals surface area contributed by atoms with Crippen molar-refractivity contribution in [3.05, 3.63) is 101 Å².